The van der Waals surface area contributed by atoms with Gasteiger partial charge < -0.3 is 9.47 Å². The zero-order valence-electron chi connectivity index (χ0n) is 5.47. The van der Waals surface area contributed by atoms with Gasteiger partial charge in [0.15, 0.2) is 0 Å². The van der Waals surface area contributed by atoms with Crippen LogP contribution in [0.25, 0.3) is 0 Å². The summed E-state index contributed by atoms with van der Waals surface area (Å²) in [7, 11) is 0. The summed E-state index contributed by atoms with van der Waals surface area (Å²) in [6.45, 7) is 2.30. The lowest BCUT2D eigenvalue weighted by Gasteiger charge is -2.04. The number of ether oxygens (including phenoxy) is 2. The molecule has 0 bridgehead atoms. The highest BCUT2D eigenvalue weighted by Crippen LogP contribution is 2.10. The molecule has 0 atom stereocenters. The first-order valence-corrected chi connectivity index (χ1v) is 4.61. The second-order valence-electron chi connectivity index (χ2n) is 1.48. The molecule has 0 aliphatic heterocycles. The van der Waals surface area contributed by atoms with E-state index in [0.29, 0.717) is 6.61 Å². The zero-order valence-corrected chi connectivity index (χ0v) is 8.64. The number of hydrogen-bond acceptors (Lipinski definition) is 3. The van der Waals surface area contributed by atoms with Crippen LogP contribution in [0.1, 0.15) is 13.3 Å². The van der Waals surface area contributed by atoms with Gasteiger partial charge in [0, 0.05) is 0 Å². The average Bonchev–Trinajstić information content (AvgIpc) is 1.82. The summed E-state index contributed by atoms with van der Waals surface area (Å²) in [5, 5.41) is 0. The molecule has 0 aliphatic carbocycles. The number of rotatable bonds is 3. The van der Waals surface area contributed by atoms with Crippen LogP contribution in [0.2, 0.25) is 0 Å². The Bertz CT molecular complexity index is 105. The van der Waals surface area contributed by atoms with Gasteiger partial charge in [-0.25, -0.2) is 4.79 Å². The molecular weight excluding hydrogens is 268 g/mol. The Kier molecular flexibility index (Phi) is 6.11. The Balaban J connectivity index is 3.26. The van der Waals surface area contributed by atoms with Crippen LogP contribution in [0.5, 0.6) is 0 Å². The molecule has 0 radical (unpaired) electrons. The van der Waals surface area contributed by atoms with Crippen molar-refractivity contribution < 1.29 is 14.3 Å². The molecule has 0 saturated heterocycles. The normalized spacial score (nSPS) is 9.60. The van der Waals surface area contributed by atoms with Gasteiger partial charge in [-0.05, 0) is 38.3 Å². The van der Waals surface area contributed by atoms with E-state index in [9.17, 15) is 4.79 Å². The van der Waals surface area contributed by atoms with Gasteiger partial charge in [0.1, 0.15) is 0 Å². The van der Waals surface area contributed by atoms with Crippen molar-refractivity contribution in [3.8, 4) is 0 Å². The molecule has 0 aromatic rings. The van der Waals surface area contributed by atoms with Crippen molar-refractivity contribution in [3.05, 3.63) is 0 Å². The number of alkyl halides is 2. The lowest BCUT2D eigenvalue weighted by molar-refractivity contribution is 0.0654. The van der Waals surface area contributed by atoms with Crippen LogP contribution in [-0.2, 0) is 9.47 Å². The minimum Gasteiger partial charge on any atom is -0.434 e. The lowest BCUT2D eigenvalue weighted by Crippen LogP contribution is -2.09. The summed E-state index contributed by atoms with van der Waals surface area (Å²) in [5.41, 5.74) is 0. The van der Waals surface area contributed by atoms with Gasteiger partial charge in [-0.3, -0.25) is 0 Å². The first-order valence-electron chi connectivity index (χ1n) is 2.78. The SMILES string of the molecule is CCCOC(=O)OC(Br)Br. The van der Waals surface area contributed by atoms with Crippen molar-refractivity contribution in [2.45, 2.75) is 17.3 Å². The van der Waals surface area contributed by atoms with Crippen LogP contribution in [-0.4, -0.2) is 16.7 Å². The maximum absolute atomic E-state index is 10.5. The zero-order chi connectivity index (χ0) is 7.98. The van der Waals surface area contributed by atoms with E-state index in [2.05, 4.69) is 41.3 Å². The van der Waals surface area contributed by atoms with Crippen LogP contribution >= 0.6 is 31.9 Å². The van der Waals surface area contributed by atoms with Crippen LogP contribution in [0.15, 0.2) is 0 Å². The van der Waals surface area contributed by atoms with Gasteiger partial charge in [0.05, 0.1) is 6.61 Å². The molecule has 0 aromatic heterocycles. The molecule has 0 N–H and O–H groups in total. The second-order valence-corrected chi connectivity index (χ2v) is 4.37. The predicted octanol–water partition coefficient (Wildman–Crippen LogP) is 2.62. The predicted molar refractivity (Wildman–Crippen MR) is 44.4 cm³/mol. The second kappa shape index (κ2) is 5.97. The molecule has 0 aromatic carbocycles. The fourth-order valence-corrected chi connectivity index (χ4v) is 0.597. The molecule has 0 fully saturated rings. The molecule has 3 nitrogen and oxygen atoms in total. The van der Waals surface area contributed by atoms with Crippen molar-refractivity contribution in [1.29, 1.82) is 0 Å². The van der Waals surface area contributed by atoms with E-state index in [1.807, 2.05) is 6.92 Å². The first-order chi connectivity index (χ1) is 4.66. The van der Waals surface area contributed by atoms with E-state index >= 15 is 0 Å². The average molecular weight is 276 g/mol. The minimum atomic E-state index is -0.666. The largest absolute Gasteiger partial charge is 0.510 e. The standard InChI is InChI=1S/C5H8Br2O3/c1-2-3-9-5(8)10-4(6)7/h4H,2-3H2,1H3. The quantitative estimate of drug-likeness (QED) is 0.587. The third-order valence-corrected chi connectivity index (χ3v) is 0.983. The molecule has 0 unspecified atom stereocenters. The molecular formula is C5H8Br2O3. The molecule has 10 heavy (non-hydrogen) atoms. The molecule has 0 rings (SSSR count). The summed E-state index contributed by atoms with van der Waals surface area (Å²) in [6.07, 6.45) is 0.130. The van der Waals surface area contributed by atoms with Crippen LogP contribution in [0.4, 0.5) is 4.79 Å². The van der Waals surface area contributed by atoms with E-state index in [-0.39, 0.29) is 0 Å². The monoisotopic (exact) mass is 274 g/mol. The van der Waals surface area contributed by atoms with Gasteiger partial charge in [-0.2, -0.15) is 0 Å². The molecule has 5 heteroatoms. The topological polar surface area (TPSA) is 35.5 Å². The highest BCUT2D eigenvalue weighted by Gasteiger charge is 2.06. The van der Waals surface area contributed by atoms with E-state index in [1.165, 1.54) is 0 Å². The Morgan fingerprint density at radius 3 is 2.60 bits per heavy atom. The maximum Gasteiger partial charge on any atom is 0.510 e. The van der Waals surface area contributed by atoms with Crippen molar-refractivity contribution in [1.82, 2.24) is 0 Å². The minimum absolute atomic E-state index is 0.394. The third kappa shape index (κ3) is 6.35. The highest BCUT2D eigenvalue weighted by atomic mass is 79.9. The molecule has 0 aliphatic rings. The molecule has 0 amide bonds. The molecule has 0 saturated carbocycles. The number of carbonyl (C=O) groups is 1. The van der Waals surface area contributed by atoms with Gasteiger partial charge in [-0.1, -0.05) is 6.92 Å². The molecule has 60 valence electrons. The Labute approximate surface area is 76.3 Å². The summed E-state index contributed by atoms with van der Waals surface area (Å²) >= 11 is 5.92. The van der Waals surface area contributed by atoms with Crippen molar-refractivity contribution >= 4 is 38.0 Å². The van der Waals surface area contributed by atoms with Gasteiger partial charge in [0.25, 0.3) is 0 Å². The van der Waals surface area contributed by atoms with Gasteiger partial charge in [0.2, 0.25) is 3.92 Å². The van der Waals surface area contributed by atoms with Gasteiger partial charge in [-0.15, -0.1) is 0 Å². The smallest absolute Gasteiger partial charge is 0.434 e. The van der Waals surface area contributed by atoms with E-state index in [4.69, 9.17) is 0 Å². The number of carbonyl (C=O) groups excluding carboxylic acids is 1. The third-order valence-electron chi connectivity index (χ3n) is 0.609. The summed E-state index contributed by atoms with van der Waals surface area (Å²) in [6, 6.07) is 0. The van der Waals surface area contributed by atoms with Crippen molar-refractivity contribution in [2.24, 2.45) is 0 Å². The number of halogens is 2. The lowest BCUT2D eigenvalue weighted by atomic mass is 10.5. The first kappa shape index (κ1) is 10.2. The van der Waals surface area contributed by atoms with Crippen LogP contribution < -0.4 is 0 Å². The number of hydrogen-bond donors (Lipinski definition) is 0. The fourth-order valence-electron chi connectivity index (χ4n) is 0.292. The molecule has 0 heterocycles. The summed E-state index contributed by atoms with van der Waals surface area (Å²) < 4.78 is 8.64. The van der Waals surface area contributed by atoms with Gasteiger partial charge >= 0.3 is 6.16 Å². The van der Waals surface area contributed by atoms with Crippen LogP contribution in [0.3, 0.4) is 0 Å². The van der Waals surface area contributed by atoms with E-state index in [1.54, 1.807) is 0 Å². The van der Waals surface area contributed by atoms with Crippen molar-refractivity contribution in [2.75, 3.05) is 6.61 Å². The maximum atomic E-state index is 10.5. The highest BCUT2D eigenvalue weighted by molar-refractivity contribution is 9.24. The Morgan fingerprint density at radius 2 is 2.20 bits per heavy atom. The Morgan fingerprint density at radius 1 is 1.60 bits per heavy atom. The molecule has 0 spiro atoms. The fraction of sp³-hybridized carbons (Fsp3) is 0.800. The summed E-state index contributed by atoms with van der Waals surface area (Å²) in [5.74, 6) is 0. The Hall–Kier alpha value is 0.230. The van der Waals surface area contributed by atoms with E-state index in [0.717, 1.165) is 6.42 Å². The summed E-state index contributed by atoms with van der Waals surface area (Å²) in [4.78, 5) is 10.5. The van der Waals surface area contributed by atoms with Crippen LogP contribution in [0, 0.1) is 0 Å². The van der Waals surface area contributed by atoms with Crippen molar-refractivity contribution in [3.63, 3.8) is 0 Å². The van der Waals surface area contributed by atoms with E-state index < -0.39 is 10.1 Å².